The Labute approximate surface area is 202 Å². The highest BCUT2D eigenvalue weighted by molar-refractivity contribution is 7.99. The molecular weight excluding hydrogens is 450 g/mol. The molecule has 1 aliphatic rings. The Hall–Kier alpha value is -2.89. The van der Waals surface area contributed by atoms with Gasteiger partial charge in [-0.3, -0.25) is 9.36 Å². The summed E-state index contributed by atoms with van der Waals surface area (Å²) >= 11 is 2.90. The van der Waals surface area contributed by atoms with Gasteiger partial charge in [0, 0.05) is 17.0 Å². The van der Waals surface area contributed by atoms with Crippen molar-refractivity contribution >= 4 is 34.0 Å². The van der Waals surface area contributed by atoms with Gasteiger partial charge in [-0.2, -0.15) is 5.26 Å². The summed E-state index contributed by atoms with van der Waals surface area (Å²) in [6.45, 7) is 8.65. The lowest BCUT2D eigenvalue weighted by Crippen LogP contribution is -2.15. The summed E-state index contributed by atoms with van der Waals surface area (Å²) < 4.78 is 1.96. The Kier molecular flexibility index (Phi) is 7.31. The summed E-state index contributed by atoms with van der Waals surface area (Å²) in [6, 6.07) is 10.4. The molecular formula is C25H27N5OS2. The van der Waals surface area contributed by atoms with Crippen LogP contribution in [0.4, 0.5) is 5.00 Å². The molecule has 1 unspecified atom stereocenters. The number of anilines is 1. The van der Waals surface area contributed by atoms with E-state index in [9.17, 15) is 10.1 Å². The van der Waals surface area contributed by atoms with Gasteiger partial charge < -0.3 is 5.32 Å². The number of thiophene rings is 1. The molecule has 1 amide bonds. The van der Waals surface area contributed by atoms with Crippen molar-refractivity contribution in [1.29, 1.82) is 5.26 Å². The number of thioether (sulfide) groups is 1. The number of amides is 1. The lowest BCUT2D eigenvalue weighted by Gasteiger charge is -2.20. The van der Waals surface area contributed by atoms with E-state index in [1.54, 1.807) is 17.4 Å². The van der Waals surface area contributed by atoms with Crippen molar-refractivity contribution in [2.75, 3.05) is 11.1 Å². The molecule has 0 saturated carbocycles. The fourth-order valence-electron chi connectivity index (χ4n) is 4.11. The largest absolute Gasteiger partial charge is 0.316 e. The van der Waals surface area contributed by atoms with Crippen LogP contribution in [0, 0.1) is 24.2 Å². The first-order valence-corrected chi connectivity index (χ1v) is 12.9. The van der Waals surface area contributed by atoms with Gasteiger partial charge in [-0.1, -0.05) is 61.0 Å². The topological polar surface area (TPSA) is 83.6 Å². The Morgan fingerprint density at radius 3 is 2.88 bits per heavy atom. The van der Waals surface area contributed by atoms with Gasteiger partial charge >= 0.3 is 0 Å². The number of hydrogen-bond acceptors (Lipinski definition) is 6. The van der Waals surface area contributed by atoms with E-state index in [0.29, 0.717) is 28.2 Å². The smallest absolute Gasteiger partial charge is 0.235 e. The third kappa shape index (κ3) is 5.05. The van der Waals surface area contributed by atoms with E-state index in [2.05, 4.69) is 35.1 Å². The normalized spacial score (nSPS) is 15.0. The number of nitrogens with zero attached hydrogens (tertiary/aromatic N) is 4. The summed E-state index contributed by atoms with van der Waals surface area (Å²) in [4.78, 5) is 14.0. The number of carbonyl (C=O) groups is 1. The van der Waals surface area contributed by atoms with E-state index in [-0.39, 0.29) is 11.7 Å². The number of carbonyl (C=O) groups excluding carboxylic acids is 1. The van der Waals surface area contributed by atoms with Crippen molar-refractivity contribution in [3.8, 4) is 17.5 Å². The van der Waals surface area contributed by atoms with Crippen molar-refractivity contribution < 1.29 is 4.79 Å². The van der Waals surface area contributed by atoms with Gasteiger partial charge in [-0.15, -0.1) is 28.1 Å². The van der Waals surface area contributed by atoms with Crippen molar-refractivity contribution in [3.63, 3.8) is 0 Å². The van der Waals surface area contributed by atoms with Crippen LogP contribution >= 0.6 is 23.1 Å². The van der Waals surface area contributed by atoms with E-state index < -0.39 is 0 Å². The van der Waals surface area contributed by atoms with Crippen LogP contribution in [-0.2, 0) is 24.2 Å². The Balaban J connectivity index is 1.47. The summed E-state index contributed by atoms with van der Waals surface area (Å²) in [7, 11) is 0. The quantitative estimate of drug-likeness (QED) is 0.336. The average Bonchev–Trinajstić information content (AvgIpc) is 3.38. The van der Waals surface area contributed by atoms with Crippen molar-refractivity contribution in [3.05, 3.63) is 58.5 Å². The fraction of sp³-hybridized carbons (Fsp3) is 0.360. The zero-order valence-corrected chi connectivity index (χ0v) is 20.6. The van der Waals surface area contributed by atoms with Crippen molar-refractivity contribution in [2.24, 2.45) is 5.92 Å². The van der Waals surface area contributed by atoms with E-state index in [4.69, 9.17) is 0 Å². The van der Waals surface area contributed by atoms with Crippen LogP contribution in [0.1, 0.15) is 41.3 Å². The van der Waals surface area contributed by atoms with Crippen LogP contribution in [0.2, 0.25) is 0 Å². The molecule has 0 spiro atoms. The van der Waals surface area contributed by atoms with E-state index in [1.165, 1.54) is 22.2 Å². The zero-order valence-electron chi connectivity index (χ0n) is 18.9. The summed E-state index contributed by atoms with van der Waals surface area (Å²) in [5.74, 6) is 1.46. The predicted molar refractivity (Wildman–Crippen MR) is 135 cm³/mol. The molecule has 6 nitrogen and oxygen atoms in total. The molecule has 1 N–H and O–H groups in total. The molecule has 4 rings (SSSR count). The predicted octanol–water partition coefficient (Wildman–Crippen LogP) is 5.62. The maximum atomic E-state index is 12.8. The number of nitrogens with one attached hydrogen (secondary N) is 1. The van der Waals surface area contributed by atoms with E-state index in [1.807, 2.05) is 35.8 Å². The number of allylic oxidation sites excluding steroid dienone is 1. The number of fused-ring (bicyclic) bond motifs is 1. The second-order valence-electron chi connectivity index (χ2n) is 8.25. The molecule has 2 aromatic heterocycles. The monoisotopic (exact) mass is 477 g/mol. The van der Waals surface area contributed by atoms with Gasteiger partial charge in [0.05, 0.1) is 11.3 Å². The summed E-state index contributed by atoms with van der Waals surface area (Å²) in [5.41, 5.74) is 3.92. The average molecular weight is 478 g/mol. The van der Waals surface area contributed by atoms with Crippen LogP contribution in [-0.4, -0.2) is 26.4 Å². The molecule has 1 atom stereocenters. The van der Waals surface area contributed by atoms with Crippen LogP contribution in [0.25, 0.3) is 11.4 Å². The molecule has 33 heavy (non-hydrogen) atoms. The minimum absolute atomic E-state index is 0.146. The number of benzene rings is 1. The summed E-state index contributed by atoms with van der Waals surface area (Å²) in [6.07, 6.45) is 5.98. The standard InChI is InChI=1S/C25H27N5OS2/c1-4-12-30-23(18-9-6-16(3)7-10-18)28-29-25(30)32-15-22(31)27-24-20(14-26)19-11-8-17(5-2)13-21(19)33-24/h4,6-7,9-10,17H,1,5,8,11-13,15H2,2-3H3,(H,27,31). The molecule has 3 aromatic rings. The van der Waals surface area contributed by atoms with Crippen LogP contribution in [0.5, 0.6) is 0 Å². The van der Waals surface area contributed by atoms with Gasteiger partial charge in [-0.05, 0) is 37.7 Å². The minimum atomic E-state index is -0.146. The van der Waals surface area contributed by atoms with Crippen molar-refractivity contribution in [1.82, 2.24) is 14.8 Å². The van der Waals surface area contributed by atoms with E-state index in [0.717, 1.165) is 42.6 Å². The third-order valence-electron chi connectivity index (χ3n) is 5.98. The molecule has 1 aliphatic carbocycles. The maximum Gasteiger partial charge on any atom is 0.235 e. The van der Waals surface area contributed by atoms with Gasteiger partial charge in [0.2, 0.25) is 5.91 Å². The lowest BCUT2D eigenvalue weighted by molar-refractivity contribution is -0.113. The van der Waals surface area contributed by atoms with Crippen LogP contribution in [0.15, 0.2) is 42.1 Å². The minimum Gasteiger partial charge on any atom is -0.316 e. The zero-order chi connectivity index (χ0) is 23.4. The fourth-order valence-corrected chi connectivity index (χ4v) is 6.18. The second-order valence-corrected chi connectivity index (χ2v) is 10.3. The van der Waals surface area contributed by atoms with Gasteiger partial charge in [0.25, 0.3) is 0 Å². The Morgan fingerprint density at radius 2 is 2.18 bits per heavy atom. The number of aromatic nitrogens is 3. The molecule has 0 bridgehead atoms. The Bertz CT molecular complexity index is 1200. The molecule has 170 valence electrons. The maximum absolute atomic E-state index is 12.8. The molecule has 2 heterocycles. The highest BCUT2D eigenvalue weighted by Gasteiger charge is 2.26. The SMILES string of the molecule is C=CCn1c(SCC(=O)Nc2sc3c(c2C#N)CCC(CC)C3)nnc1-c1ccc(C)cc1. The molecule has 0 fully saturated rings. The first kappa shape index (κ1) is 23.3. The molecule has 1 aromatic carbocycles. The summed E-state index contributed by atoms with van der Waals surface area (Å²) in [5, 5.41) is 22.7. The second kappa shape index (κ2) is 10.4. The molecule has 0 radical (unpaired) electrons. The number of nitriles is 1. The third-order valence-corrected chi connectivity index (χ3v) is 8.12. The Morgan fingerprint density at radius 1 is 1.39 bits per heavy atom. The van der Waals surface area contributed by atoms with Gasteiger partial charge in [-0.25, -0.2) is 0 Å². The molecule has 0 aliphatic heterocycles. The van der Waals surface area contributed by atoms with Gasteiger partial charge in [0.1, 0.15) is 11.1 Å². The van der Waals surface area contributed by atoms with Gasteiger partial charge in [0.15, 0.2) is 11.0 Å². The van der Waals surface area contributed by atoms with E-state index >= 15 is 0 Å². The number of hydrogen-bond donors (Lipinski definition) is 1. The molecule has 8 heteroatoms. The first-order chi connectivity index (χ1) is 16.0. The first-order valence-electron chi connectivity index (χ1n) is 11.1. The number of rotatable bonds is 8. The number of aryl methyl sites for hydroxylation is 1. The van der Waals surface area contributed by atoms with Crippen LogP contribution < -0.4 is 5.32 Å². The lowest BCUT2D eigenvalue weighted by atomic mass is 9.86. The van der Waals surface area contributed by atoms with Crippen LogP contribution in [0.3, 0.4) is 0 Å². The van der Waals surface area contributed by atoms with Crippen molar-refractivity contribution in [2.45, 2.75) is 51.2 Å². The molecule has 0 saturated heterocycles. The highest BCUT2D eigenvalue weighted by atomic mass is 32.2. The highest BCUT2D eigenvalue weighted by Crippen LogP contribution is 2.40.